The average Bonchev–Trinajstić information content (AvgIpc) is 2.87. The van der Waals surface area contributed by atoms with Crippen molar-refractivity contribution in [2.45, 2.75) is 19.3 Å². The summed E-state index contributed by atoms with van der Waals surface area (Å²) in [6, 6.07) is 4.15. The van der Waals surface area contributed by atoms with Gasteiger partial charge in [-0.1, -0.05) is 0 Å². The molecule has 2 aromatic heterocycles. The first kappa shape index (κ1) is 12.3. The van der Waals surface area contributed by atoms with Crippen molar-refractivity contribution in [3.8, 4) is 16.6 Å². The van der Waals surface area contributed by atoms with Crippen LogP contribution < -0.4 is 0 Å². The predicted octanol–water partition coefficient (Wildman–Crippen LogP) is 3.75. The number of thiazole rings is 1. The molecule has 0 N–H and O–H groups in total. The Balaban J connectivity index is 2.07. The number of fused-ring (bicyclic) bond motifs is 1. The van der Waals surface area contributed by atoms with Crippen molar-refractivity contribution in [2.75, 3.05) is 0 Å². The Hall–Kier alpha value is -1.79. The van der Waals surface area contributed by atoms with Crippen LogP contribution in [-0.2, 0) is 5.41 Å². The highest BCUT2D eigenvalue weighted by molar-refractivity contribution is 7.13. The fourth-order valence-corrected chi connectivity index (χ4v) is 3.10. The maximum absolute atomic E-state index is 9.15. The third kappa shape index (κ3) is 1.84. The Bertz CT molecular complexity index is 737. The zero-order valence-electron chi connectivity index (χ0n) is 10.4. The topological polar surface area (TPSA) is 49.6 Å². The Morgan fingerprint density at radius 2 is 2.26 bits per heavy atom. The molecule has 0 radical (unpaired) electrons. The molecule has 0 saturated heterocycles. The number of hydrogen-bond donors (Lipinski definition) is 0. The van der Waals surface area contributed by atoms with E-state index in [4.69, 9.17) is 16.9 Å². The molecule has 19 heavy (non-hydrogen) atoms. The van der Waals surface area contributed by atoms with Gasteiger partial charge in [-0.05, 0) is 31.5 Å². The van der Waals surface area contributed by atoms with E-state index in [1.165, 1.54) is 11.3 Å². The zero-order chi connectivity index (χ0) is 13.6. The van der Waals surface area contributed by atoms with Gasteiger partial charge in [0.15, 0.2) is 5.56 Å². The second kappa shape index (κ2) is 4.11. The molecule has 0 unspecified atom stereocenters. The van der Waals surface area contributed by atoms with Crippen molar-refractivity contribution in [1.82, 2.24) is 9.97 Å². The normalized spacial score (nSPS) is 12.8. The molecule has 5 heteroatoms. The average molecular weight is 287 g/mol. The lowest BCUT2D eigenvalue weighted by Gasteiger charge is -2.11. The van der Waals surface area contributed by atoms with Gasteiger partial charge in [-0.2, -0.15) is 5.26 Å². The highest BCUT2D eigenvalue weighted by Gasteiger charge is 2.33. The lowest BCUT2D eigenvalue weighted by Crippen LogP contribution is -2.14. The number of rotatable bonds is 2. The van der Waals surface area contributed by atoms with Gasteiger partial charge in [0.25, 0.3) is 0 Å². The largest absolute Gasteiger partial charge is 0.241 e. The quantitative estimate of drug-likeness (QED) is 0.790. The van der Waals surface area contributed by atoms with Gasteiger partial charge in [0.1, 0.15) is 5.01 Å². The van der Waals surface area contributed by atoms with Crippen LogP contribution in [0.3, 0.4) is 0 Å². The Labute approximate surface area is 120 Å². The third-order valence-corrected chi connectivity index (χ3v) is 4.21. The van der Waals surface area contributed by atoms with Crippen LogP contribution in [0.1, 0.15) is 30.8 Å². The highest BCUT2D eigenvalue weighted by atomic mass is 35.5. The van der Waals surface area contributed by atoms with Crippen molar-refractivity contribution >= 4 is 28.0 Å². The molecule has 1 aliphatic carbocycles. The van der Waals surface area contributed by atoms with Gasteiger partial charge < -0.3 is 0 Å². The molecule has 0 fully saturated rings. The van der Waals surface area contributed by atoms with E-state index in [-0.39, 0.29) is 0 Å². The fraction of sp³-hybridized carbons (Fsp3) is 0.214. The van der Waals surface area contributed by atoms with E-state index in [1.54, 1.807) is 6.20 Å². The van der Waals surface area contributed by atoms with Gasteiger partial charge >= 0.3 is 0 Å². The van der Waals surface area contributed by atoms with E-state index in [0.717, 1.165) is 27.5 Å². The maximum atomic E-state index is 9.15. The smallest absolute Gasteiger partial charge is 0.238 e. The van der Waals surface area contributed by atoms with Crippen molar-refractivity contribution in [1.29, 1.82) is 5.26 Å². The van der Waals surface area contributed by atoms with Gasteiger partial charge in [0.2, 0.25) is 10.7 Å². The van der Waals surface area contributed by atoms with Gasteiger partial charge in [0.05, 0.1) is 28.8 Å². The maximum Gasteiger partial charge on any atom is 0.241 e. The minimum atomic E-state index is -0.583. The first-order chi connectivity index (χ1) is 9.03. The first-order valence-corrected chi connectivity index (χ1v) is 6.95. The van der Waals surface area contributed by atoms with Crippen molar-refractivity contribution < 1.29 is 0 Å². The number of pyridine rings is 1. The summed E-state index contributed by atoms with van der Waals surface area (Å²) < 4.78 is 0. The van der Waals surface area contributed by atoms with Gasteiger partial charge in [-0.3, -0.25) is 0 Å². The minimum absolute atomic E-state index is 0.583. The summed E-state index contributed by atoms with van der Waals surface area (Å²) in [4.78, 5) is 8.74. The molecule has 0 bridgehead atoms. The lowest BCUT2D eigenvalue weighted by atomic mass is 9.92. The molecule has 0 aliphatic heterocycles. The van der Waals surface area contributed by atoms with Crippen molar-refractivity contribution in [2.24, 2.45) is 0 Å². The predicted molar refractivity (Wildman–Crippen MR) is 75.6 cm³/mol. The molecule has 2 heterocycles. The van der Waals surface area contributed by atoms with Crippen molar-refractivity contribution in [3.05, 3.63) is 40.7 Å². The van der Waals surface area contributed by atoms with Crippen LogP contribution in [0.15, 0.2) is 17.6 Å². The van der Waals surface area contributed by atoms with Gasteiger partial charge in [-0.15, -0.1) is 11.3 Å². The first-order valence-electron chi connectivity index (χ1n) is 5.69. The second-order valence-corrected chi connectivity index (χ2v) is 6.03. The molecular formula is C14H9ClN3S+. The monoisotopic (exact) mass is 286 g/mol. The van der Waals surface area contributed by atoms with Crippen LogP contribution in [-0.4, -0.2) is 9.97 Å². The summed E-state index contributed by atoms with van der Waals surface area (Å²) >= 11 is 7.56. The zero-order valence-corrected chi connectivity index (χ0v) is 11.9. The Morgan fingerprint density at radius 3 is 2.95 bits per heavy atom. The molecule has 0 aromatic carbocycles. The van der Waals surface area contributed by atoms with Crippen LogP contribution in [0.5, 0.6) is 0 Å². The van der Waals surface area contributed by atoms with E-state index < -0.39 is 5.41 Å². The molecule has 1 aliphatic rings. The number of halogens is 1. The third-order valence-electron chi connectivity index (χ3n) is 3.05. The van der Waals surface area contributed by atoms with Crippen LogP contribution in [0, 0.1) is 17.4 Å². The van der Waals surface area contributed by atoms with E-state index in [2.05, 4.69) is 22.1 Å². The van der Waals surface area contributed by atoms with E-state index in [9.17, 15) is 0 Å². The fourth-order valence-electron chi connectivity index (χ4n) is 1.80. The van der Waals surface area contributed by atoms with Gasteiger partial charge in [0, 0.05) is 11.6 Å². The summed E-state index contributed by atoms with van der Waals surface area (Å²) in [7, 11) is 0. The standard InChI is InChI=1S/C14H9ClN3S/c1-14(2,7-16)11-6-19-13(18-11)8-3-4-17-10-5-9(15)12(8)10/h3-4,6H,1-2H3/q+1. The molecule has 92 valence electrons. The van der Waals surface area contributed by atoms with E-state index in [1.807, 2.05) is 25.3 Å². The summed E-state index contributed by atoms with van der Waals surface area (Å²) in [5, 5.41) is 12.5. The molecule has 0 saturated carbocycles. The summed E-state index contributed by atoms with van der Waals surface area (Å²) in [5.74, 6) is 0. The molecule has 0 amide bonds. The number of aromatic nitrogens is 2. The number of hydrogen-bond acceptors (Lipinski definition) is 4. The SMILES string of the molecule is CC(C)(C#N)c1csc(-c2ccnc3c2C(Cl)=[C+]3)n1. The molecule has 3 nitrogen and oxygen atoms in total. The molecule has 0 spiro atoms. The van der Waals surface area contributed by atoms with E-state index >= 15 is 0 Å². The summed E-state index contributed by atoms with van der Waals surface area (Å²) in [5.41, 5.74) is 2.84. The van der Waals surface area contributed by atoms with Crippen LogP contribution in [0.25, 0.3) is 15.6 Å². The highest BCUT2D eigenvalue weighted by Crippen LogP contribution is 2.40. The molecular weight excluding hydrogens is 278 g/mol. The molecule has 0 atom stereocenters. The summed E-state index contributed by atoms with van der Waals surface area (Å²) in [6.45, 7) is 3.72. The van der Waals surface area contributed by atoms with Crippen LogP contribution in [0.2, 0.25) is 0 Å². The van der Waals surface area contributed by atoms with Crippen molar-refractivity contribution in [3.63, 3.8) is 0 Å². The van der Waals surface area contributed by atoms with E-state index in [0.29, 0.717) is 5.03 Å². The number of nitrogens with zero attached hydrogens (tertiary/aromatic N) is 3. The lowest BCUT2D eigenvalue weighted by molar-refractivity contribution is 0.666. The minimum Gasteiger partial charge on any atom is -0.238 e. The molecule has 2 aromatic rings. The second-order valence-electron chi connectivity index (χ2n) is 4.80. The number of nitriles is 1. The van der Waals surface area contributed by atoms with Gasteiger partial charge in [-0.25, -0.2) is 9.97 Å². The summed E-state index contributed by atoms with van der Waals surface area (Å²) in [6.07, 6.45) is 4.66. The Kier molecular flexibility index (Phi) is 2.65. The molecule has 3 rings (SSSR count). The van der Waals surface area contributed by atoms with Crippen LogP contribution >= 0.6 is 22.9 Å². The van der Waals surface area contributed by atoms with Crippen LogP contribution in [0.4, 0.5) is 0 Å². The Morgan fingerprint density at radius 1 is 1.47 bits per heavy atom.